The van der Waals surface area contributed by atoms with E-state index < -0.39 is 11.9 Å². The normalized spacial score (nSPS) is 14.6. The van der Waals surface area contributed by atoms with Gasteiger partial charge in [0.2, 0.25) is 11.7 Å². The molecule has 6 heteroatoms. The summed E-state index contributed by atoms with van der Waals surface area (Å²) in [6.07, 6.45) is 0.509. The zero-order valence-corrected chi connectivity index (χ0v) is 11.0. The van der Waals surface area contributed by atoms with E-state index in [1.54, 1.807) is 6.92 Å². The summed E-state index contributed by atoms with van der Waals surface area (Å²) in [6.45, 7) is 5.62. The molecule has 0 saturated heterocycles. The van der Waals surface area contributed by atoms with Gasteiger partial charge in [-0.15, -0.1) is 0 Å². The van der Waals surface area contributed by atoms with Gasteiger partial charge in [0.25, 0.3) is 0 Å². The van der Waals surface area contributed by atoms with Gasteiger partial charge in [0.1, 0.15) is 11.5 Å². The van der Waals surface area contributed by atoms with Crippen molar-refractivity contribution in [2.75, 3.05) is 0 Å². The summed E-state index contributed by atoms with van der Waals surface area (Å²) < 4.78 is 18.0. The molecule has 0 aliphatic rings. The van der Waals surface area contributed by atoms with Crippen LogP contribution in [-0.4, -0.2) is 26.3 Å². The van der Waals surface area contributed by atoms with Gasteiger partial charge >= 0.3 is 0 Å². The van der Waals surface area contributed by atoms with Crippen molar-refractivity contribution < 1.29 is 14.0 Å². The fourth-order valence-corrected chi connectivity index (χ4v) is 2.03. The van der Waals surface area contributed by atoms with Crippen LogP contribution in [0.2, 0.25) is 0 Å². The van der Waals surface area contributed by atoms with Crippen molar-refractivity contribution in [3.05, 3.63) is 30.0 Å². The third kappa shape index (κ3) is 2.96. The molecule has 5 nitrogen and oxygen atoms in total. The number of hydrogen-bond donors (Lipinski definition) is 1. The molecule has 2 aromatic heterocycles. The molecule has 0 spiro atoms. The second-order valence-corrected chi connectivity index (χ2v) is 4.83. The van der Waals surface area contributed by atoms with Gasteiger partial charge in [-0.1, -0.05) is 19.0 Å². The number of aliphatic hydroxyl groups excluding tert-OH is 1. The van der Waals surface area contributed by atoms with Gasteiger partial charge in [-0.3, -0.25) is 0 Å². The highest BCUT2D eigenvalue weighted by Crippen LogP contribution is 2.28. The maximum Gasteiger partial charge on any atom is 0.232 e. The molecule has 0 aliphatic heterocycles. The molecule has 0 radical (unpaired) electrons. The maximum absolute atomic E-state index is 12.8. The summed E-state index contributed by atoms with van der Waals surface area (Å²) in [7, 11) is 0. The first kappa shape index (κ1) is 13.6. The van der Waals surface area contributed by atoms with Crippen molar-refractivity contribution in [1.29, 1.82) is 0 Å². The van der Waals surface area contributed by atoms with Gasteiger partial charge in [0.15, 0.2) is 0 Å². The van der Waals surface area contributed by atoms with Gasteiger partial charge < -0.3 is 9.63 Å². The van der Waals surface area contributed by atoms with Crippen LogP contribution >= 0.6 is 0 Å². The van der Waals surface area contributed by atoms with E-state index in [1.165, 1.54) is 12.1 Å². The Kier molecular flexibility index (Phi) is 3.90. The van der Waals surface area contributed by atoms with E-state index in [1.807, 2.05) is 13.8 Å². The van der Waals surface area contributed by atoms with Crippen LogP contribution in [0.15, 0.2) is 22.9 Å². The second kappa shape index (κ2) is 5.44. The number of rotatable bonds is 4. The Morgan fingerprint density at radius 3 is 2.53 bits per heavy atom. The average molecular weight is 265 g/mol. The van der Waals surface area contributed by atoms with Crippen LogP contribution < -0.4 is 0 Å². The Labute approximate surface area is 110 Å². The van der Waals surface area contributed by atoms with Gasteiger partial charge in [-0.2, -0.15) is 4.98 Å². The zero-order valence-electron chi connectivity index (χ0n) is 11.0. The van der Waals surface area contributed by atoms with Crippen LogP contribution in [0, 0.1) is 11.7 Å². The smallest absolute Gasteiger partial charge is 0.232 e. The minimum absolute atomic E-state index is 0.162. The highest BCUT2D eigenvalue weighted by atomic mass is 19.1. The highest BCUT2D eigenvalue weighted by molar-refractivity contribution is 5.47. The maximum atomic E-state index is 12.8. The Hall–Kier alpha value is -1.82. The van der Waals surface area contributed by atoms with Crippen molar-refractivity contribution >= 4 is 0 Å². The summed E-state index contributed by atoms with van der Waals surface area (Å²) in [5, 5.41) is 13.6. The zero-order chi connectivity index (χ0) is 14.0. The van der Waals surface area contributed by atoms with Crippen LogP contribution in [0.25, 0.3) is 11.5 Å². The van der Waals surface area contributed by atoms with Crippen molar-refractivity contribution in [1.82, 2.24) is 15.1 Å². The topological polar surface area (TPSA) is 72.0 Å². The summed E-state index contributed by atoms with van der Waals surface area (Å²) in [4.78, 5) is 8.12. The molecule has 102 valence electrons. The Morgan fingerprint density at radius 1 is 1.26 bits per heavy atom. The number of hydrogen-bond acceptors (Lipinski definition) is 5. The fourth-order valence-electron chi connectivity index (χ4n) is 2.03. The fraction of sp³-hybridized carbons (Fsp3) is 0.462. The molecule has 1 N–H and O–H groups in total. The monoisotopic (exact) mass is 265 g/mol. The molecule has 2 heterocycles. The number of aromatic nitrogens is 3. The predicted molar refractivity (Wildman–Crippen MR) is 66.7 cm³/mol. The molecule has 0 bridgehead atoms. The lowest BCUT2D eigenvalue weighted by molar-refractivity contribution is 0.120. The minimum Gasteiger partial charge on any atom is -0.393 e. The molecule has 0 fully saturated rings. The third-order valence-electron chi connectivity index (χ3n) is 2.92. The molecule has 0 aromatic carbocycles. The quantitative estimate of drug-likeness (QED) is 0.919. The van der Waals surface area contributed by atoms with Crippen molar-refractivity contribution in [2.45, 2.75) is 32.8 Å². The van der Waals surface area contributed by atoms with Crippen LogP contribution in [0.1, 0.15) is 32.6 Å². The predicted octanol–water partition coefficient (Wildman–Crippen LogP) is 2.39. The average Bonchev–Trinajstić information content (AvgIpc) is 2.78. The molecular weight excluding hydrogens is 249 g/mol. The Morgan fingerprint density at radius 2 is 2.00 bits per heavy atom. The van der Waals surface area contributed by atoms with Crippen LogP contribution in [0.5, 0.6) is 0 Å². The summed E-state index contributed by atoms with van der Waals surface area (Å²) in [5.41, 5.74) is 0.435. The van der Waals surface area contributed by atoms with E-state index in [-0.39, 0.29) is 11.8 Å². The van der Waals surface area contributed by atoms with Crippen molar-refractivity contribution in [3.8, 4) is 11.5 Å². The Balaban J connectivity index is 2.30. The van der Waals surface area contributed by atoms with Crippen LogP contribution in [0.4, 0.5) is 4.39 Å². The van der Waals surface area contributed by atoms with Crippen LogP contribution in [0.3, 0.4) is 0 Å². The molecule has 2 rings (SSSR count). The first-order valence-electron chi connectivity index (χ1n) is 6.12. The molecule has 2 aromatic rings. The molecule has 2 unspecified atom stereocenters. The lowest BCUT2D eigenvalue weighted by Crippen LogP contribution is -2.20. The second-order valence-electron chi connectivity index (χ2n) is 4.83. The van der Waals surface area contributed by atoms with Crippen molar-refractivity contribution in [3.63, 3.8) is 0 Å². The number of nitrogens with zero attached hydrogens (tertiary/aromatic N) is 3. The third-order valence-corrected chi connectivity index (χ3v) is 2.92. The number of pyridine rings is 1. The van der Waals surface area contributed by atoms with Gasteiger partial charge in [-0.05, 0) is 25.0 Å². The van der Waals surface area contributed by atoms with E-state index in [4.69, 9.17) is 4.52 Å². The van der Waals surface area contributed by atoms with E-state index >= 15 is 0 Å². The SMILES string of the molecule is CC(C)C(c1nc(-c2ccc(F)cn2)no1)C(C)O. The van der Waals surface area contributed by atoms with Gasteiger partial charge in [0.05, 0.1) is 18.2 Å². The molecule has 19 heavy (non-hydrogen) atoms. The molecule has 0 amide bonds. The first-order valence-corrected chi connectivity index (χ1v) is 6.12. The summed E-state index contributed by atoms with van der Waals surface area (Å²) in [6, 6.07) is 2.77. The summed E-state index contributed by atoms with van der Waals surface area (Å²) in [5.74, 6) is 0.167. The molecular formula is C13H16FN3O2. The molecule has 2 atom stereocenters. The summed E-state index contributed by atoms with van der Waals surface area (Å²) >= 11 is 0. The van der Waals surface area contributed by atoms with Crippen molar-refractivity contribution in [2.24, 2.45) is 5.92 Å². The van der Waals surface area contributed by atoms with E-state index in [2.05, 4.69) is 15.1 Å². The van der Waals surface area contributed by atoms with Gasteiger partial charge in [0, 0.05) is 0 Å². The largest absolute Gasteiger partial charge is 0.393 e. The lowest BCUT2D eigenvalue weighted by Gasteiger charge is -2.19. The first-order chi connectivity index (χ1) is 8.99. The minimum atomic E-state index is -0.588. The van der Waals surface area contributed by atoms with E-state index in [0.717, 1.165) is 6.20 Å². The van der Waals surface area contributed by atoms with Gasteiger partial charge in [-0.25, -0.2) is 9.37 Å². The van der Waals surface area contributed by atoms with Crippen LogP contribution in [-0.2, 0) is 0 Å². The Bertz CT molecular complexity index is 529. The number of aliphatic hydroxyl groups is 1. The van der Waals surface area contributed by atoms with E-state index in [9.17, 15) is 9.50 Å². The van der Waals surface area contributed by atoms with E-state index in [0.29, 0.717) is 17.4 Å². The molecule has 0 aliphatic carbocycles. The lowest BCUT2D eigenvalue weighted by atomic mass is 9.91. The number of halogens is 1. The standard InChI is InChI=1S/C13H16FN3O2/c1-7(2)11(8(3)18)13-16-12(17-19-13)10-5-4-9(14)6-15-10/h4-8,11,18H,1-3H3. The molecule has 0 saturated carbocycles. The highest BCUT2D eigenvalue weighted by Gasteiger charge is 2.27.